The van der Waals surface area contributed by atoms with Crippen LogP contribution in [0.4, 0.5) is 21.0 Å². The normalized spacial score (nSPS) is 13.5. The summed E-state index contributed by atoms with van der Waals surface area (Å²) in [7, 11) is 1.69. The first-order valence-electron chi connectivity index (χ1n) is 8.73. The molecule has 2 aromatic rings. The molecule has 1 aliphatic heterocycles. The van der Waals surface area contributed by atoms with E-state index in [0.717, 1.165) is 17.7 Å². The SMILES string of the molecule is CN(Cc1cccc(C#N)c1)C(=O)Nc1cccc(N2CCCNC2=O)c1. The predicted octanol–water partition coefficient (Wildman–Crippen LogP) is 3.14. The molecule has 0 aromatic heterocycles. The summed E-state index contributed by atoms with van der Waals surface area (Å²) >= 11 is 0. The highest BCUT2D eigenvalue weighted by atomic mass is 16.2. The van der Waals surface area contributed by atoms with Gasteiger partial charge in [0.2, 0.25) is 0 Å². The molecule has 2 N–H and O–H groups in total. The molecule has 1 aliphatic rings. The highest BCUT2D eigenvalue weighted by Crippen LogP contribution is 2.21. The number of nitrogens with one attached hydrogen (secondary N) is 2. The fourth-order valence-corrected chi connectivity index (χ4v) is 2.93. The third-order valence-corrected chi connectivity index (χ3v) is 4.31. The first kappa shape index (κ1) is 18.3. The molecular weight excluding hydrogens is 342 g/mol. The molecule has 2 aromatic carbocycles. The molecule has 0 radical (unpaired) electrons. The molecule has 0 atom stereocenters. The molecule has 0 spiro atoms. The van der Waals surface area contributed by atoms with Gasteiger partial charge >= 0.3 is 12.1 Å². The van der Waals surface area contributed by atoms with Gasteiger partial charge in [0.05, 0.1) is 11.6 Å². The molecule has 0 bridgehead atoms. The van der Waals surface area contributed by atoms with Crippen molar-refractivity contribution in [2.24, 2.45) is 0 Å². The fraction of sp³-hybridized carbons (Fsp3) is 0.250. The summed E-state index contributed by atoms with van der Waals surface area (Å²) in [6, 6.07) is 16.1. The monoisotopic (exact) mass is 363 g/mol. The molecule has 1 saturated heterocycles. The van der Waals surface area contributed by atoms with E-state index >= 15 is 0 Å². The van der Waals surface area contributed by atoms with E-state index in [9.17, 15) is 9.59 Å². The molecule has 7 heteroatoms. The van der Waals surface area contributed by atoms with Crippen LogP contribution >= 0.6 is 0 Å². The second-order valence-electron chi connectivity index (χ2n) is 6.39. The second-order valence-corrected chi connectivity index (χ2v) is 6.39. The molecule has 3 rings (SSSR count). The predicted molar refractivity (Wildman–Crippen MR) is 103 cm³/mol. The maximum Gasteiger partial charge on any atom is 0.321 e. The largest absolute Gasteiger partial charge is 0.338 e. The van der Waals surface area contributed by atoms with Crippen molar-refractivity contribution in [1.82, 2.24) is 10.2 Å². The quantitative estimate of drug-likeness (QED) is 0.875. The van der Waals surface area contributed by atoms with Crippen LogP contribution in [0.2, 0.25) is 0 Å². The smallest absolute Gasteiger partial charge is 0.321 e. The zero-order chi connectivity index (χ0) is 19.2. The third kappa shape index (κ3) is 4.55. The average Bonchev–Trinajstić information content (AvgIpc) is 2.68. The second kappa shape index (κ2) is 8.23. The van der Waals surface area contributed by atoms with E-state index in [1.165, 1.54) is 4.90 Å². The number of urea groups is 2. The van der Waals surface area contributed by atoms with Crippen molar-refractivity contribution in [2.75, 3.05) is 30.4 Å². The Morgan fingerprint density at radius 3 is 2.89 bits per heavy atom. The number of benzene rings is 2. The van der Waals surface area contributed by atoms with E-state index in [2.05, 4.69) is 16.7 Å². The Kier molecular flexibility index (Phi) is 5.57. The van der Waals surface area contributed by atoms with Gasteiger partial charge in [0.1, 0.15) is 0 Å². The van der Waals surface area contributed by atoms with Crippen LogP contribution in [0.15, 0.2) is 48.5 Å². The van der Waals surface area contributed by atoms with Gasteiger partial charge in [-0.15, -0.1) is 0 Å². The van der Waals surface area contributed by atoms with Gasteiger partial charge in [-0.05, 0) is 42.3 Å². The number of hydrogen-bond donors (Lipinski definition) is 2. The Bertz CT molecular complexity index is 890. The van der Waals surface area contributed by atoms with Gasteiger partial charge in [-0.25, -0.2) is 9.59 Å². The molecule has 0 aliphatic carbocycles. The lowest BCUT2D eigenvalue weighted by Crippen LogP contribution is -2.46. The molecule has 1 heterocycles. The van der Waals surface area contributed by atoms with Gasteiger partial charge in [0, 0.05) is 38.1 Å². The standard InChI is InChI=1S/C20H21N5O2/c1-24(14-16-6-2-5-15(11-16)13-21)20(27)23-17-7-3-8-18(12-17)25-10-4-9-22-19(25)26/h2-3,5-8,11-12H,4,9-10,14H2,1H3,(H,22,26)(H,23,27). The Hall–Kier alpha value is -3.53. The van der Waals surface area contributed by atoms with Crippen molar-refractivity contribution in [3.63, 3.8) is 0 Å². The maximum atomic E-state index is 12.5. The zero-order valence-corrected chi connectivity index (χ0v) is 15.1. The Labute approximate surface area is 158 Å². The van der Waals surface area contributed by atoms with Crippen molar-refractivity contribution in [3.05, 3.63) is 59.7 Å². The minimum atomic E-state index is -0.266. The van der Waals surface area contributed by atoms with Crippen molar-refractivity contribution in [3.8, 4) is 6.07 Å². The maximum absolute atomic E-state index is 12.5. The lowest BCUT2D eigenvalue weighted by atomic mass is 10.1. The van der Waals surface area contributed by atoms with Crippen LogP contribution in [0, 0.1) is 11.3 Å². The van der Waals surface area contributed by atoms with E-state index in [1.807, 2.05) is 18.2 Å². The third-order valence-electron chi connectivity index (χ3n) is 4.31. The number of amides is 4. The van der Waals surface area contributed by atoms with Gasteiger partial charge in [-0.1, -0.05) is 18.2 Å². The minimum absolute atomic E-state index is 0.126. The van der Waals surface area contributed by atoms with Gasteiger partial charge in [-0.2, -0.15) is 5.26 Å². The first-order chi connectivity index (χ1) is 13.1. The van der Waals surface area contributed by atoms with E-state index in [0.29, 0.717) is 30.9 Å². The number of hydrogen-bond acceptors (Lipinski definition) is 3. The van der Waals surface area contributed by atoms with Crippen molar-refractivity contribution in [2.45, 2.75) is 13.0 Å². The summed E-state index contributed by atoms with van der Waals surface area (Å²) in [5.74, 6) is 0. The number of carbonyl (C=O) groups excluding carboxylic acids is 2. The molecule has 7 nitrogen and oxygen atoms in total. The Morgan fingerprint density at radius 1 is 1.30 bits per heavy atom. The summed E-state index contributed by atoms with van der Waals surface area (Å²) in [4.78, 5) is 27.7. The van der Waals surface area contributed by atoms with E-state index in [1.54, 1.807) is 42.3 Å². The summed E-state index contributed by atoms with van der Waals surface area (Å²) in [5, 5.41) is 14.6. The minimum Gasteiger partial charge on any atom is -0.338 e. The van der Waals surface area contributed by atoms with Crippen LogP contribution in [-0.2, 0) is 6.54 Å². The van der Waals surface area contributed by atoms with Crippen LogP contribution < -0.4 is 15.5 Å². The van der Waals surface area contributed by atoms with Gasteiger partial charge in [0.25, 0.3) is 0 Å². The number of nitrogens with zero attached hydrogens (tertiary/aromatic N) is 3. The van der Waals surface area contributed by atoms with Crippen molar-refractivity contribution in [1.29, 1.82) is 5.26 Å². The number of carbonyl (C=O) groups is 2. The molecule has 1 fully saturated rings. The summed E-state index contributed by atoms with van der Waals surface area (Å²) < 4.78 is 0. The van der Waals surface area contributed by atoms with Crippen LogP contribution in [0.1, 0.15) is 17.5 Å². The highest BCUT2D eigenvalue weighted by Gasteiger charge is 2.19. The molecule has 0 saturated carbocycles. The van der Waals surface area contributed by atoms with Crippen LogP contribution in [0.3, 0.4) is 0 Å². The average molecular weight is 363 g/mol. The van der Waals surface area contributed by atoms with Gasteiger partial charge in [0.15, 0.2) is 0 Å². The van der Waals surface area contributed by atoms with Crippen LogP contribution in [0.25, 0.3) is 0 Å². The van der Waals surface area contributed by atoms with E-state index in [4.69, 9.17) is 5.26 Å². The number of rotatable bonds is 4. The van der Waals surface area contributed by atoms with Crippen molar-refractivity contribution >= 4 is 23.4 Å². The topological polar surface area (TPSA) is 88.5 Å². The molecule has 138 valence electrons. The van der Waals surface area contributed by atoms with E-state index < -0.39 is 0 Å². The molecule has 0 unspecified atom stereocenters. The first-order valence-corrected chi connectivity index (χ1v) is 8.73. The number of nitriles is 1. The van der Waals surface area contributed by atoms with Crippen molar-refractivity contribution < 1.29 is 9.59 Å². The van der Waals surface area contributed by atoms with Gasteiger partial charge < -0.3 is 15.5 Å². The van der Waals surface area contributed by atoms with E-state index in [-0.39, 0.29) is 12.1 Å². The lowest BCUT2D eigenvalue weighted by Gasteiger charge is -2.28. The zero-order valence-electron chi connectivity index (χ0n) is 15.1. The summed E-state index contributed by atoms with van der Waals surface area (Å²) in [6.45, 7) is 1.72. The van der Waals surface area contributed by atoms with Crippen LogP contribution in [-0.4, -0.2) is 37.1 Å². The Morgan fingerprint density at radius 2 is 2.11 bits per heavy atom. The van der Waals surface area contributed by atoms with Gasteiger partial charge in [-0.3, -0.25) is 4.90 Å². The molecule has 27 heavy (non-hydrogen) atoms. The highest BCUT2D eigenvalue weighted by molar-refractivity contribution is 5.94. The van der Waals surface area contributed by atoms with Crippen LogP contribution in [0.5, 0.6) is 0 Å². The fourth-order valence-electron chi connectivity index (χ4n) is 2.93. The summed E-state index contributed by atoms with van der Waals surface area (Å²) in [6.07, 6.45) is 0.882. The lowest BCUT2D eigenvalue weighted by molar-refractivity contribution is 0.220. The summed E-state index contributed by atoms with van der Waals surface area (Å²) in [5.41, 5.74) is 2.81. The number of anilines is 2. The molecular formula is C20H21N5O2. The Balaban J connectivity index is 1.65. The molecule has 4 amide bonds.